The molecule has 0 saturated heterocycles. The van der Waals surface area contributed by atoms with E-state index in [1.807, 2.05) is 0 Å². The van der Waals surface area contributed by atoms with Crippen molar-refractivity contribution in [2.45, 2.75) is 110 Å². The Kier molecular flexibility index (Phi) is 26.2. The van der Waals surface area contributed by atoms with E-state index in [2.05, 4.69) is 6.92 Å². The number of carboxylic acid groups (broad SMARTS) is 1. The minimum absolute atomic E-state index is 0.345. The summed E-state index contributed by atoms with van der Waals surface area (Å²) in [6, 6.07) is 0. The van der Waals surface area contributed by atoms with Crippen LogP contribution in [0.3, 0.4) is 0 Å². The van der Waals surface area contributed by atoms with Crippen molar-refractivity contribution >= 4 is 5.97 Å². The zero-order valence-electron chi connectivity index (χ0n) is 15.0. The Hall–Kier alpha value is -0.216. The van der Waals surface area contributed by atoms with Crippen molar-refractivity contribution in [1.82, 2.24) is 0 Å². The summed E-state index contributed by atoms with van der Waals surface area (Å²) in [5.74, 6) is -0.653. The Morgan fingerprint density at radius 3 is 1.17 bits per heavy atom. The molecule has 4 nitrogen and oxygen atoms in total. The van der Waals surface area contributed by atoms with Gasteiger partial charge in [0.1, 0.15) is 0 Å². The molecule has 0 aliphatic carbocycles. The molecule has 0 aromatic rings. The first-order chi connectivity index (χ1) is 11.2. The van der Waals surface area contributed by atoms with Crippen molar-refractivity contribution in [3.63, 3.8) is 0 Å². The van der Waals surface area contributed by atoms with E-state index < -0.39 is 25.1 Å². The Morgan fingerprint density at radius 1 is 0.652 bits per heavy atom. The fourth-order valence-corrected chi connectivity index (χ4v) is 2.65. The third-order valence-corrected chi connectivity index (χ3v) is 3.99. The Bertz CT molecular complexity index is 276. The molecule has 0 heterocycles. The molecule has 0 bridgehead atoms. The monoisotopic (exact) mass is 364 g/mol. The van der Waals surface area contributed by atoms with E-state index >= 15 is 0 Å². The molecule has 1 N–H and O–H groups in total. The van der Waals surface area contributed by atoms with Crippen LogP contribution in [0.4, 0.5) is 0 Å². The van der Waals surface area contributed by atoms with Crippen LogP contribution in [0.5, 0.6) is 0 Å². The minimum atomic E-state index is -2.00. The van der Waals surface area contributed by atoms with Gasteiger partial charge < -0.3 is 5.11 Å². The molecule has 5 heteroatoms. The Morgan fingerprint density at radius 2 is 0.913 bits per heavy atom. The number of carbonyl (C=O) groups is 1. The van der Waals surface area contributed by atoms with Crippen LogP contribution in [0.25, 0.3) is 0 Å². The molecule has 0 atom stereocenters. The standard InChI is InChI=1S/C18H36O2.2O.Ti/c1-2-3-4-5-6-7-8-9-10-11-12-13-14-15-16-17-18(19)20;;;/h2-17H2,1H3,(H,19,20);;;. The summed E-state index contributed by atoms with van der Waals surface area (Å²) < 4.78 is 17.0. The van der Waals surface area contributed by atoms with Gasteiger partial charge in [-0.05, 0) is 6.42 Å². The zero-order valence-corrected chi connectivity index (χ0v) is 16.5. The first-order valence-corrected chi connectivity index (χ1v) is 10.7. The topological polar surface area (TPSA) is 71.4 Å². The van der Waals surface area contributed by atoms with E-state index in [0.29, 0.717) is 6.42 Å². The van der Waals surface area contributed by atoms with Gasteiger partial charge in [0.25, 0.3) is 0 Å². The molecule has 0 amide bonds. The van der Waals surface area contributed by atoms with E-state index in [1.54, 1.807) is 0 Å². The molecule has 0 spiro atoms. The van der Waals surface area contributed by atoms with E-state index in [4.69, 9.17) is 11.8 Å². The maximum absolute atomic E-state index is 10.3. The van der Waals surface area contributed by atoms with Gasteiger partial charge in [-0.3, -0.25) is 4.79 Å². The second kappa shape index (κ2) is 24.0. The normalized spacial score (nSPS) is 9.78. The quantitative estimate of drug-likeness (QED) is 0.266. The van der Waals surface area contributed by atoms with Gasteiger partial charge in [0.15, 0.2) is 0 Å². The number of rotatable bonds is 16. The van der Waals surface area contributed by atoms with Gasteiger partial charge in [-0.1, -0.05) is 96.8 Å². The molecular weight excluding hydrogens is 328 g/mol. The fraction of sp³-hybridized carbons (Fsp3) is 0.944. The van der Waals surface area contributed by atoms with Crippen molar-refractivity contribution in [3.8, 4) is 0 Å². The maximum atomic E-state index is 10.3. The summed E-state index contributed by atoms with van der Waals surface area (Å²) in [4.78, 5) is 10.3. The van der Waals surface area contributed by atoms with E-state index in [0.717, 1.165) is 12.8 Å². The molecule has 0 aromatic heterocycles. The number of unbranched alkanes of at least 4 members (excludes halogenated alkanes) is 14. The average Bonchev–Trinajstić information content (AvgIpc) is 2.51. The van der Waals surface area contributed by atoms with Crippen molar-refractivity contribution < 1.29 is 35.6 Å². The third kappa shape index (κ3) is 30.3. The van der Waals surface area contributed by atoms with Crippen LogP contribution in [0.2, 0.25) is 0 Å². The molecule has 0 rings (SSSR count). The van der Waals surface area contributed by atoms with Crippen LogP contribution in [-0.2, 0) is 30.5 Å². The molecule has 0 fully saturated rings. The fourth-order valence-electron chi connectivity index (χ4n) is 2.65. The Labute approximate surface area is 151 Å². The summed E-state index contributed by atoms with van der Waals surface area (Å²) in [6.07, 6.45) is 20.2. The zero-order chi connectivity index (χ0) is 17.6. The third-order valence-electron chi connectivity index (χ3n) is 3.99. The summed E-state index contributed by atoms with van der Waals surface area (Å²) in [5.41, 5.74) is 0. The number of hydrogen-bond donors (Lipinski definition) is 1. The summed E-state index contributed by atoms with van der Waals surface area (Å²) in [6.45, 7) is 2.27. The second-order valence-electron chi connectivity index (χ2n) is 6.18. The SMILES string of the molecule is CCCCCCCCCCCCCCCCCC(=O)O.[O]=[Ti]=[O]. The van der Waals surface area contributed by atoms with Crippen LogP contribution in [0, 0.1) is 0 Å². The molecule has 0 radical (unpaired) electrons. The molecule has 0 aromatic carbocycles. The van der Waals surface area contributed by atoms with Crippen LogP contribution in [0.15, 0.2) is 0 Å². The summed E-state index contributed by atoms with van der Waals surface area (Å²) in [5, 5.41) is 8.52. The first-order valence-electron chi connectivity index (χ1n) is 9.40. The van der Waals surface area contributed by atoms with E-state index in [9.17, 15) is 4.79 Å². The molecule has 23 heavy (non-hydrogen) atoms. The van der Waals surface area contributed by atoms with Crippen LogP contribution in [0.1, 0.15) is 110 Å². The van der Waals surface area contributed by atoms with E-state index in [-0.39, 0.29) is 0 Å². The van der Waals surface area contributed by atoms with Crippen molar-refractivity contribution in [2.75, 3.05) is 0 Å². The first kappa shape index (κ1) is 25.0. The molecular formula is C18H36O4Ti. The van der Waals surface area contributed by atoms with Crippen LogP contribution >= 0.6 is 0 Å². The predicted octanol–water partition coefficient (Wildman–Crippen LogP) is 6.09. The van der Waals surface area contributed by atoms with Crippen molar-refractivity contribution in [2.24, 2.45) is 0 Å². The number of aliphatic carboxylic acids is 1. The second-order valence-corrected chi connectivity index (χ2v) is 6.44. The van der Waals surface area contributed by atoms with Crippen molar-refractivity contribution in [3.05, 3.63) is 0 Å². The predicted molar refractivity (Wildman–Crippen MR) is 88.6 cm³/mol. The van der Waals surface area contributed by atoms with Gasteiger partial charge in [0.2, 0.25) is 0 Å². The molecule has 0 aliphatic heterocycles. The summed E-state index contributed by atoms with van der Waals surface area (Å²) in [7, 11) is 0. The molecule has 0 unspecified atom stereocenters. The van der Waals surface area contributed by atoms with Gasteiger partial charge in [0.05, 0.1) is 0 Å². The Balaban J connectivity index is 0. The molecule has 0 saturated carbocycles. The average molecular weight is 364 g/mol. The number of hydrogen-bond acceptors (Lipinski definition) is 3. The summed E-state index contributed by atoms with van der Waals surface area (Å²) >= 11 is -2.00. The van der Waals surface area contributed by atoms with E-state index in [1.165, 1.54) is 83.5 Å². The van der Waals surface area contributed by atoms with Gasteiger partial charge in [-0.25, -0.2) is 0 Å². The molecule has 0 aliphatic rings. The van der Waals surface area contributed by atoms with Crippen molar-refractivity contribution in [1.29, 1.82) is 0 Å². The number of carboxylic acids is 1. The van der Waals surface area contributed by atoms with Crippen LogP contribution in [-0.4, -0.2) is 11.1 Å². The van der Waals surface area contributed by atoms with Gasteiger partial charge in [-0.2, -0.15) is 0 Å². The van der Waals surface area contributed by atoms with Gasteiger partial charge in [0, 0.05) is 6.42 Å². The van der Waals surface area contributed by atoms with Crippen LogP contribution < -0.4 is 0 Å². The van der Waals surface area contributed by atoms with Gasteiger partial charge >= 0.3 is 31.7 Å². The molecule has 136 valence electrons. The van der Waals surface area contributed by atoms with Gasteiger partial charge in [-0.15, -0.1) is 0 Å².